The molecule has 0 fully saturated rings. The molecule has 0 aliphatic rings. The Bertz CT molecular complexity index is 248. The number of benzene rings is 1. The second-order valence-electron chi connectivity index (χ2n) is 2.14. The summed E-state index contributed by atoms with van der Waals surface area (Å²) in [5.74, 6) is 0.756. The normalized spacial score (nSPS) is 9.18. The molecule has 1 aromatic carbocycles. The summed E-state index contributed by atoms with van der Waals surface area (Å²) in [6, 6.07) is 7.29. The molecule has 11 heavy (non-hydrogen) atoms. The van der Waals surface area contributed by atoms with Crippen LogP contribution in [0.25, 0.3) is 0 Å². The molecule has 0 heterocycles. The van der Waals surface area contributed by atoms with Crippen molar-refractivity contribution in [1.82, 2.24) is 0 Å². The lowest BCUT2D eigenvalue weighted by Gasteiger charge is -1.99. The summed E-state index contributed by atoms with van der Waals surface area (Å²) in [6.07, 6.45) is 0. The molecule has 3 nitrogen and oxygen atoms in total. The highest BCUT2D eigenvalue weighted by Crippen LogP contribution is 2.12. The van der Waals surface area contributed by atoms with Crippen LogP contribution in [-0.4, -0.2) is 7.11 Å². The fraction of sp³-hybridized carbons (Fsp3) is 0.250. The van der Waals surface area contributed by atoms with E-state index < -0.39 is 0 Å². The minimum Gasteiger partial charge on any atom is -0.497 e. The van der Waals surface area contributed by atoms with Crippen molar-refractivity contribution < 1.29 is 4.74 Å². The summed E-state index contributed by atoms with van der Waals surface area (Å²) in [6.45, 7) is 0.206. The maximum atomic E-state index is 9.88. The molecule has 0 amide bonds. The van der Waals surface area contributed by atoms with Crippen LogP contribution in [0.2, 0.25) is 0 Å². The first-order chi connectivity index (χ1) is 5.36. The van der Waals surface area contributed by atoms with Gasteiger partial charge in [-0.05, 0) is 17.7 Å². The van der Waals surface area contributed by atoms with Crippen molar-refractivity contribution in [3.05, 3.63) is 34.7 Å². The van der Waals surface area contributed by atoms with E-state index in [2.05, 4.69) is 5.18 Å². The molecule has 0 spiro atoms. The molecule has 1 rings (SSSR count). The zero-order valence-electron chi connectivity index (χ0n) is 6.28. The van der Waals surface area contributed by atoms with Gasteiger partial charge in [-0.1, -0.05) is 17.3 Å². The third kappa shape index (κ3) is 2.04. The van der Waals surface area contributed by atoms with Crippen LogP contribution in [0.3, 0.4) is 0 Å². The fourth-order valence-corrected chi connectivity index (χ4v) is 0.845. The summed E-state index contributed by atoms with van der Waals surface area (Å²) in [5, 5.41) is 2.78. The lowest BCUT2D eigenvalue weighted by molar-refractivity contribution is 0.414. The monoisotopic (exact) mass is 151 g/mol. The molecule has 0 unspecified atom stereocenters. The van der Waals surface area contributed by atoms with E-state index in [1.807, 2.05) is 18.2 Å². The lowest BCUT2D eigenvalue weighted by atomic mass is 10.2. The van der Waals surface area contributed by atoms with Crippen molar-refractivity contribution in [3.8, 4) is 5.75 Å². The molecular weight excluding hydrogens is 142 g/mol. The number of nitroso groups, excluding NO2 is 1. The summed E-state index contributed by atoms with van der Waals surface area (Å²) in [7, 11) is 1.59. The molecule has 0 aliphatic carbocycles. The first-order valence-electron chi connectivity index (χ1n) is 3.29. The van der Waals surface area contributed by atoms with Gasteiger partial charge < -0.3 is 4.74 Å². The number of hydrogen-bond donors (Lipinski definition) is 0. The largest absolute Gasteiger partial charge is 0.497 e. The molecule has 0 N–H and O–H groups in total. The highest BCUT2D eigenvalue weighted by atomic mass is 16.5. The van der Waals surface area contributed by atoms with Crippen LogP contribution in [0.4, 0.5) is 0 Å². The Morgan fingerprint density at radius 3 is 3.00 bits per heavy atom. The highest BCUT2D eigenvalue weighted by Gasteiger charge is 1.93. The second-order valence-corrected chi connectivity index (χ2v) is 2.14. The van der Waals surface area contributed by atoms with Crippen LogP contribution in [0.15, 0.2) is 29.4 Å². The van der Waals surface area contributed by atoms with E-state index in [9.17, 15) is 4.91 Å². The van der Waals surface area contributed by atoms with Gasteiger partial charge in [-0.25, -0.2) is 0 Å². The van der Waals surface area contributed by atoms with E-state index in [0.717, 1.165) is 11.3 Å². The topological polar surface area (TPSA) is 38.7 Å². The van der Waals surface area contributed by atoms with Crippen LogP contribution in [0.5, 0.6) is 5.75 Å². The van der Waals surface area contributed by atoms with Crippen LogP contribution in [0.1, 0.15) is 5.56 Å². The predicted octanol–water partition coefficient (Wildman–Crippen LogP) is 1.96. The van der Waals surface area contributed by atoms with E-state index in [1.54, 1.807) is 13.2 Å². The molecule has 58 valence electrons. The van der Waals surface area contributed by atoms with Gasteiger partial charge in [0.15, 0.2) is 0 Å². The Hall–Kier alpha value is -1.38. The van der Waals surface area contributed by atoms with E-state index in [0.29, 0.717) is 0 Å². The fourth-order valence-electron chi connectivity index (χ4n) is 0.845. The minimum atomic E-state index is 0.206. The average molecular weight is 151 g/mol. The maximum Gasteiger partial charge on any atom is 0.119 e. The number of nitrogens with zero attached hydrogens (tertiary/aromatic N) is 1. The molecule has 0 atom stereocenters. The van der Waals surface area contributed by atoms with E-state index in [-0.39, 0.29) is 6.54 Å². The van der Waals surface area contributed by atoms with Crippen LogP contribution in [-0.2, 0) is 6.54 Å². The minimum absolute atomic E-state index is 0.206. The lowest BCUT2D eigenvalue weighted by Crippen LogP contribution is -1.84. The number of hydrogen-bond acceptors (Lipinski definition) is 3. The Balaban J connectivity index is 2.82. The predicted molar refractivity (Wildman–Crippen MR) is 42.5 cm³/mol. The molecule has 3 heteroatoms. The standard InChI is InChI=1S/C8H9NO2/c1-11-8-4-2-3-7(5-8)6-9-10/h2-5H,6H2,1H3. The first kappa shape index (κ1) is 7.72. The van der Waals surface area contributed by atoms with Gasteiger partial charge in [-0.3, -0.25) is 0 Å². The smallest absolute Gasteiger partial charge is 0.119 e. The second kappa shape index (κ2) is 3.71. The van der Waals surface area contributed by atoms with Gasteiger partial charge in [0.1, 0.15) is 12.3 Å². The van der Waals surface area contributed by atoms with Crippen LogP contribution < -0.4 is 4.74 Å². The van der Waals surface area contributed by atoms with E-state index in [4.69, 9.17) is 4.74 Å². The summed E-state index contributed by atoms with van der Waals surface area (Å²) in [4.78, 5) is 9.88. The number of rotatable bonds is 3. The Kier molecular flexibility index (Phi) is 2.60. The maximum absolute atomic E-state index is 9.88. The third-order valence-corrected chi connectivity index (χ3v) is 1.38. The van der Waals surface area contributed by atoms with Gasteiger partial charge in [0.25, 0.3) is 0 Å². The van der Waals surface area contributed by atoms with Crippen LogP contribution in [0, 0.1) is 4.91 Å². The van der Waals surface area contributed by atoms with Crippen molar-refractivity contribution in [1.29, 1.82) is 0 Å². The summed E-state index contributed by atoms with van der Waals surface area (Å²) in [5.41, 5.74) is 0.874. The van der Waals surface area contributed by atoms with Crippen molar-refractivity contribution in [3.63, 3.8) is 0 Å². The Morgan fingerprint density at radius 1 is 1.55 bits per heavy atom. The molecule has 0 saturated heterocycles. The average Bonchev–Trinajstić information content (AvgIpc) is 2.06. The van der Waals surface area contributed by atoms with Gasteiger partial charge in [-0.2, -0.15) is 4.91 Å². The highest BCUT2D eigenvalue weighted by molar-refractivity contribution is 5.28. The van der Waals surface area contributed by atoms with Gasteiger partial charge in [0.05, 0.1) is 7.11 Å². The zero-order valence-corrected chi connectivity index (χ0v) is 6.28. The van der Waals surface area contributed by atoms with Crippen molar-refractivity contribution in [2.45, 2.75) is 6.54 Å². The third-order valence-electron chi connectivity index (χ3n) is 1.38. The Labute approximate surface area is 65.0 Å². The van der Waals surface area contributed by atoms with Crippen LogP contribution >= 0.6 is 0 Å². The first-order valence-corrected chi connectivity index (χ1v) is 3.29. The van der Waals surface area contributed by atoms with Gasteiger partial charge >= 0.3 is 0 Å². The van der Waals surface area contributed by atoms with Crippen molar-refractivity contribution in [2.24, 2.45) is 5.18 Å². The summed E-state index contributed by atoms with van der Waals surface area (Å²) >= 11 is 0. The molecule has 0 radical (unpaired) electrons. The molecular formula is C8H9NO2. The molecule has 0 aromatic heterocycles. The molecule has 0 aliphatic heterocycles. The van der Waals surface area contributed by atoms with E-state index >= 15 is 0 Å². The quantitative estimate of drug-likeness (QED) is 0.619. The summed E-state index contributed by atoms with van der Waals surface area (Å²) < 4.78 is 4.96. The van der Waals surface area contributed by atoms with E-state index in [1.165, 1.54) is 0 Å². The van der Waals surface area contributed by atoms with Gasteiger partial charge in [0.2, 0.25) is 0 Å². The SMILES string of the molecule is COc1cccc(CN=O)c1. The zero-order chi connectivity index (χ0) is 8.10. The van der Waals surface area contributed by atoms with Gasteiger partial charge in [-0.15, -0.1) is 0 Å². The van der Waals surface area contributed by atoms with Crippen molar-refractivity contribution in [2.75, 3.05) is 7.11 Å². The number of ether oxygens (including phenoxy) is 1. The molecule has 0 bridgehead atoms. The Morgan fingerprint density at radius 2 is 2.36 bits per heavy atom. The van der Waals surface area contributed by atoms with Gasteiger partial charge in [0, 0.05) is 0 Å². The molecule has 1 aromatic rings. The molecule has 0 saturated carbocycles. The number of methoxy groups -OCH3 is 1. The van der Waals surface area contributed by atoms with Crippen molar-refractivity contribution >= 4 is 0 Å².